The number of fused-ring (bicyclic) bond motifs is 1. The highest BCUT2D eigenvalue weighted by molar-refractivity contribution is 5.84. The predicted octanol–water partition coefficient (Wildman–Crippen LogP) is 5.18. The van der Waals surface area contributed by atoms with Crippen LogP contribution >= 0.6 is 0 Å². The van der Waals surface area contributed by atoms with E-state index in [0.29, 0.717) is 11.5 Å². The van der Waals surface area contributed by atoms with Crippen LogP contribution in [0.5, 0.6) is 0 Å². The van der Waals surface area contributed by atoms with Crippen molar-refractivity contribution in [2.24, 2.45) is 0 Å². The summed E-state index contributed by atoms with van der Waals surface area (Å²) in [6.07, 6.45) is -0.147. The number of hydrogen-bond donors (Lipinski definition) is 1. The molecule has 0 radical (unpaired) electrons. The number of alkyl halides is 3. The van der Waals surface area contributed by atoms with Gasteiger partial charge >= 0.3 is 6.18 Å². The van der Waals surface area contributed by atoms with Gasteiger partial charge in [0.2, 0.25) is 0 Å². The molecule has 0 atom stereocenters. The Morgan fingerprint density at radius 2 is 1.65 bits per heavy atom. The molecule has 0 aliphatic carbocycles. The Bertz CT molecular complexity index is 905. The summed E-state index contributed by atoms with van der Waals surface area (Å²) in [6.45, 7) is 2.20. The summed E-state index contributed by atoms with van der Waals surface area (Å²) < 4.78 is 42.0. The first-order chi connectivity index (χ1) is 12.5. The second kappa shape index (κ2) is 6.80. The molecule has 0 spiro atoms. The van der Waals surface area contributed by atoms with Crippen LogP contribution in [0.15, 0.2) is 54.7 Å². The van der Waals surface area contributed by atoms with E-state index in [1.165, 1.54) is 11.6 Å². The highest BCUT2D eigenvalue weighted by Gasteiger charge is 2.33. The Balaban J connectivity index is 1.76. The zero-order chi connectivity index (χ0) is 18.1. The van der Waals surface area contributed by atoms with Crippen molar-refractivity contribution < 1.29 is 13.2 Å². The van der Waals surface area contributed by atoms with E-state index < -0.39 is 11.7 Å². The molecule has 1 saturated heterocycles. The van der Waals surface area contributed by atoms with E-state index in [1.807, 2.05) is 22.8 Å². The summed E-state index contributed by atoms with van der Waals surface area (Å²) in [5.41, 5.74) is 2.00. The van der Waals surface area contributed by atoms with Crippen molar-refractivity contribution in [1.82, 2.24) is 9.88 Å². The minimum Gasteiger partial charge on any atom is -0.343 e. The zero-order valence-electron chi connectivity index (χ0n) is 14.4. The summed E-state index contributed by atoms with van der Waals surface area (Å²) in [6, 6.07) is 13.9. The minimum atomic E-state index is -4.34. The van der Waals surface area contributed by atoms with Crippen molar-refractivity contribution in [3.63, 3.8) is 0 Å². The maximum absolute atomic E-state index is 13.3. The molecule has 0 saturated carbocycles. The average Bonchev–Trinajstić information content (AvgIpc) is 3.01. The lowest BCUT2D eigenvalue weighted by Gasteiger charge is -2.22. The Kier molecular flexibility index (Phi) is 4.49. The van der Waals surface area contributed by atoms with E-state index in [0.717, 1.165) is 42.9 Å². The predicted molar refractivity (Wildman–Crippen MR) is 97.3 cm³/mol. The van der Waals surface area contributed by atoms with Gasteiger partial charge in [0, 0.05) is 23.6 Å². The van der Waals surface area contributed by atoms with Crippen LogP contribution < -0.4 is 5.32 Å². The molecule has 5 heteroatoms. The highest BCUT2D eigenvalue weighted by Crippen LogP contribution is 2.35. The van der Waals surface area contributed by atoms with Gasteiger partial charge in [0.05, 0.1) is 5.56 Å². The van der Waals surface area contributed by atoms with Gasteiger partial charge < -0.3 is 9.88 Å². The second-order valence-electron chi connectivity index (χ2n) is 6.91. The molecule has 136 valence electrons. The number of rotatable bonds is 3. The summed E-state index contributed by atoms with van der Waals surface area (Å²) in [5.74, 6) is 0.459. The first-order valence-electron chi connectivity index (χ1n) is 8.97. The lowest BCUT2D eigenvalue weighted by molar-refractivity contribution is -0.138. The Morgan fingerprint density at radius 3 is 2.42 bits per heavy atom. The van der Waals surface area contributed by atoms with Gasteiger partial charge in [-0.1, -0.05) is 36.4 Å². The Hall–Kier alpha value is -2.27. The van der Waals surface area contributed by atoms with Crippen molar-refractivity contribution in [1.29, 1.82) is 0 Å². The number of aromatic nitrogens is 1. The third kappa shape index (κ3) is 3.23. The highest BCUT2D eigenvalue weighted by atomic mass is 19.4. The number of benzene rings is 2. The molecule has 26 heavy (non-hydrogen) atoms. The number of nitrogens with zero attached hydrogens (tertiary/aromatic N) is 1. The number of halogens is 3. The smallest absolute Gasteiger partial charge is 0.343 e. The van der Waals surface area contributed by atoms with Crippen LogP contribution in [0.25, 0.3) is 10.9 Å². The number of para-hydroxylation sites is 1. The van der Waals surface area contributed by atoms with Crippen LogP contribution in [-0.4, -0.2) is 17.7 Å². The Morgan fingerprint density at radius 1 is 0.962 bits per heavy atom. The lowest BCUT2D eigenvalue weighted by atomic mass is 9.90. The van der Waals surface area contributed by atoms with Crippen molar-refractivity contribution in [2.45, 2.75) is 31.5 Å². The quantitative estimate of drug-likeness (QED) is 0.683. The largest absolute Gasteiger partial charge is 0.416 e. The van der Waals surface area contributed by atoms with Gasteiger partial charge in [-0.3, -0.25) is 0 Å². The van der Waals surface area contributed by atoms with Crippen LogP contribution in [0, 0.1) is 0 Å². The molecule has 1 aliphatic rings. The van der Waals surface area contributed by atoms with Crippen LogP contribution in [0.2, 0.25) is 0 Å². The van der Waals surface area contributed by atoms with E-state index in [-0.39, 0.29) is 6.54 Å². The zero-order valence-corrected chi connectivity index (χ0v) is 14.4. The standard InChI is InChI=1S/C21H21F3N2/c22-21(23,24)19-7-3-1-5-16(19)13-26-14-18(15-9-11-25-12-10-15)17-6-2-4-8-20(17)26/h1-8,14-15,25H,9-13H2. The topological polar surface area (TPSA) is 17.0 Å². The van der Waals surface area contributed by atoms with Gasteiger partial charge in [0.25, 0.3) is 0 Å². The van der Waals surface area contributed by atoms with Crippen LogP contribution in [0.3, 0.4) is 0 Å². The van der Waals surface area contributed by atoms with E-state index in [4.69, 9.17) is 0 Å². The van der Waals surface area contributed by atoms with Gasteiger partial charge in [0.15, 0.2) is 0 Å². The first kappa shape index (κ1) is 17.2. The molecule has 2 nitrogen and oxygen atoms in total. The number of hydrogen-bond acceptors (Lipinski definition) is 1. The average molecular weight is 358 g/mol. The SMILES string of the molecule is FC(F)(F)c1ccccc1Cn1cc(C2CCNCC2)c2ccccc21. The van der Waals surface area contributed by atoms with E-state index in [9.17, 15) is 13.2 Å². The van der Waals surface area contributed by atoms with Crippen LogP contribution in [0.4, 0.5) is 13.2 Å². The lowest BCUT2D eigenvalue weighted by Crippen LogP contribution is -2.26. The second-order valence-corrected chi connectivity index (χ2v) is 6.91. The van der Waals surface area contributed by atoms with Gasteiger partial charge in [-0.05, 0) is 55.1 Å². The van der Waals surface area contributed by atoms with Crippen LogP contribution in [-0.2, 0) is 12.7 Å². The van der Waals surface area contributed by atoms with Crippen molar-refractivity contribution in [2.75, 3.05) is 13.1 Å². The summed E-state index contributed by atoms with van der Waals surface area (Å²) in [4.78, 5) is 0. The van der Waals surface area contributed by atoms with Gasteiger partial charge in [-0.15, -0.1) is 0 Å². The third-order valence-corrected chi connectivity index (χ3v) is 5.26. The molecule has 1 aromatic heterocycles. The normalized spacial score (nSPS) is 16.3. The molecular weight excluding hydrogens is 337 g/mol. The molecular formula is C21H21F3N2. The Labute approximate surface area is 150 Å². The molecule has 0 amide bonds. The summed E-state index contributed by atoms with van der Waals surface area (Å²) >= 11 is 0. The fourth-order valence-electron chi connectivity index (χ4n) is 3.98. The first-order valence-corrected chi connectivity index (χ1v) is 8.97. The molecule has 2 aromatic carbocycles. The molecule has 1 fully saturated rings. The fraction of sp³-hybridized carbons (Fsp3) is 0.333. The van der Waals surface area contributed by atoms with Crippen molar-refractivity contribution in [3.8, 4) is 0 Å². The number of piperidine rings is 1. The molecule has 1 aliphatic heterocycles. The maximum atomic E-state index is 13.3. The monoisotopic (exact) mass is 358 g/mol. The molecule has 1 N–H and O–H groups in total. The molecule has 0 unspecified atom stereocenters. The van der Waals surface area contributed by atoms with E-state index in [2.05, 4.69) is 17.6 Å². The van der Waals surface area contributed by atoms with Crippen molar-refractivity contribution >= 4 is 10.9 Å². The molecule has 4 rings (SSSR count). The molecule has 3 aromatic rings. The third-order valence-electron chi connectivity index (χ3n) is 5.26. The van der Waals surface area contributed by atoms with Crippen LogP contribution in [0.1, 0.15) is 35.4 Å². The molecule has 2 heterocycles. The number of nitrogens with one attached hydrogen (secondary N) is 1. The summed E-state index contributed by atoms with van der Waals surface area (Å²) in [5, 5.41) is 4.53. The minimum absolute atomic E-state index is 0.223. The van der Waals surface area contributed by atoms with E-state index in [1.54, 1.807) is 12.1 Å². The summed E-state index contributed by atoms with van der Waals surface area (Å²) in [7, 11) is 0. The molecule has 0 bridgehead atoms. The van der Waals surface area contributed by atoms with E-state index >= 15 is 0 Å². The van der Waals surface area contributed by atoms with Gasteiger partial charge in [-0.2, -0.15) is 13.2 Å². The van der Waals surface area contributed by atoms with Crippen molar-refractivity contribution in [3.05, 3.63) is 71.4 Å². The fourth-order valence-corrected chi connectivity index (χ4v) is 3.98. The van der Waals surface area contributed by atoms with Gasteiger partial charge in [-0.25, -0.2) is 0 Å². The van der Waals surface area contributed by atoms with Gasteiger partial charge in [0.1, 0.15) is 0 Å². The maximum Gasteiger partial charge on any atom is 0.416 e.